The van der Waals surface area contributed by atoms with Gasteiger partial charge in [0.25, 0.3) is 0 Å². The Labute approximate surface area is 106 Å². The van der Waals surface area contributed by atoms with Crippen molar-refractivity contribution in [1.82, 2.24) is 0 Å². The number of benzene rings is 1. The van der Waals surface area contributed by atoms with Gasteiger partial charge in [0.05, 0.1) is 7.11 Å². The summed E-state index contributed by atoms with van der Waals surface area (Å²) in [6.07, 6.45) is 6.59. The fourth-order valence-corrected chi connectivity index (χ4v) is 3.40. The molecule has 1 aromatic rings. The molecule has 88 valence electrons. The fraction of sp³-hybridized carbons (Fsp3) is 0.571. The Balaban J connectivity index is 1.97. The second-order valence-electron chi connectivity index (χ2n) is 4.69. The molecular formula is C14H19BrO. The van der Waals surface area contributed by atoms with Crippen molar-refractivity contribution in [3.05, 3.63) is 29.8 Å². The maximum absolute atomic E-state index is 5.26. The van der Waals surface area contributed by atoms with Crippen molar-refractivity contribution >= 4 is 15.9 Å². The number of hydrogen-bond acceptors (Lipinski definition) is 1. The summed E-state index contributed by atoms with van der Waals surface area (Å²) in [5.74, 6) is 1.81. The lowest BCUT2D eigenvalue weighted by Gasteiger charge is -2.25. The van der Waals surface area contributed by atoms with Crippen LogP contribution in [0.1, 0.15) is 31.2 Å². The van der Waals surface area contributed by atoms with E-state index in [9.17, 15) is 0 Å². The van der Waals surface area contributed by atoms with Crippen LogP contribution >= 0.6 is 15.9 Å². The molecule has 1 nitrogen and oxygen atoms in total. The van der Waals surface area contributed by atoms with Gasteiger partial charge in [-0.1, -0.05) is 40.9 Å². The molecule has 0 aromatic heterocycles. The van der Waals surface area contributed by atoms with E-state index in [0.29, 0.717) is 0 Å². The second kappa shape index (κ2) is 5.72. The largest absolute Gasteiger partial charge is 0.497 e. The lowest BCUT2D eigenvalue weighted by Crippen LogP contribution is -2.17. The van der Waals surface area contributed by atoms with E-state index in [4.69, 9.17) is 4.74 Å². The van der Waals surface area contributed by atoms with Crippen LogP contribution in [0.3, 0.4) is 0 Å². The first-order valence-electron chi connectivity index (χ1n) is 6.05. The topological polar surface area (TPSA) is 9.23 Å². The third-order valence-corrected chi connectivity index (χ3v) is 4.21. The summed E-state index contributed by atoms with van der Waals surface area (Å²) in [5, 5.41) is 0. The van der Waals surface area contributed by atoms with E-state index >= 15 is 0 Å². The molecular weight excluding hydrogens is 264 g/mol. The van der Waals surface area contributed by atoms with Gasteiger partial charge in [0, 0.05) is 4.83 Å². The molecule has 0 aliphatic heterocycles. The van der Waals surface area contributed by atoms with Crippen molar-refractivity contribution in [3.8, 4) is 5.75 Å². The Bertz CT molecular complexity index is 337. The second-order valence-corrected chi connectivity index (χ2v) is 5.98. The molecule has 0 bridgehead atoms. The van der Waals surface area contributed by atoms with Crippen LogP contribution in [0.15, 0.2) is 24.3 Å². The summed E-state index contributed by atoms with van der Waals surface area (Å²) in [4.78, 5) is 0.733. The average Bonchev–Trinajstić information content (AvgIpc) is 2.29. The molecule has 0 radical (unpaired) electrons. The summed E-state index contributed by atoms with van der Waals surface area (Å²) in [7, 11) is 1.73. The number of methoxy groups -OCH3 is 1. The fourth-order valence-electron chi connectivity index (χ4n) is 2.54. The number of ether oxygens (including phenoxy) is 1. The molecule has 2 atom stereocenters. The molecule has 1 fully saturated rings. The first kappa shape index (κ1) is 12.0. The number of alkyl halides is 1. The Morgan fingerprint density at radius 1 is 1.38 bits per heavy atom. The first-order valence-corrected chi connectivity index (χ1v) is 6.96. The lowest BCUT2D eigenvalue weighted by molar-refractivity contribution is 0.366. The van der Waals surface area contributed by atoms with E-state index in [-0.39, 0.29) is 0 Å². The standard InChI is InChI=1S/C14H19BrO/c1-16-14-7-3-5-12(10-14)8-11-4-2-6-13(15)9-11/h3,5,7,10-11,13H,2,4,6,8-9H2,1H3. The van der Waals surface area contributed by atoms with Crippen LogP contribution in [-0.4, -0.2) is 11.9 Å². The molecule has 16 heavy (non-hydrogen) atoms. The van der Waals surface area contributed by atoms with Crippen molar-refractivity contribution in [2.24, 2.45) is 5.92 Å². The van der Waals surface area contributed by atoms with Crippen LogP contribution in [0, 0.1) is 5.92 Å². The van der Waals surface area contributed by atoms with Crippen LogP contribution in [0.25, 0.3) is 0 Å². The van der Waals surface area contributed by atoms with Gasteiger partial charge >= 0.3 is 0 Å². The van der Waals surface area contributed by atoms with Gasteiger partial charge in [-0.25, -0.2) is 0 Å². The maximum atomic E-state index is 5.26. The van der Waals surface area contributed by atoms with Crippen molar-refractivity contribution in [1.29, 1.82) is 0 Å². The lowest BCUT2D eigenvalue weighted by atomic mass is 9.85. The van der Waals surface area contributed by atoms with Gasteiger partial charge in [-0.2, -0.15) is 0 Å². The Hall–Kier alpha value is -0.500. The van der Waals surface area contributed by atoms with Crippen molar-refractivity contribution in [2.75, 3.05) is 7.11 Å². The van der Waals surface area contributed by atoms with E-state index in [0.717, 1.165) is 16.5 Å². The molecule has 0 saturated heterocycles. The smallest absolute Gasteiger partial charge is 0.119 e. The molecule has 0 amide bonds. The number of halogens is 1. The average molecular weight is 283 g/mol. The Morgan fingerprint density at radius 3 is 3.00 bits per heavy atom. The van der Waals surface area contributed by atoms with Gasteiger partial charge in [-0.15, -0.1) is 0 Å². The Morgan fingerprint density at radius 2 is 2.25 bits per heavy atom. The molecule has 2 rings (SSSR count). The van der Waals surface area contributed by atoms with Crippen molar-refractivity contribution < 1.29 is 4.74 Å². The van der Waals surface area contributed by atoms with Gasteiger partial charge < -0.3 is 4.74 Å². The zero-order valence-corrected chi connectivity index (χ0v) is 11.4. The number of hydrogen-bond donors (Lipinski definition) is 0. The monoisotopic (exact) mass is 282 g/mol. The van der Waals surface area contributed by atoms with Crippen LogP contribution in [-0.2, 0) is 6.42 Å². The Kier molecular flexibility index (Phi) is 4.28. The van der Waals surface area contributed by atoms with Crippen molar-refractivity contribution in [3.63, 3.8) is 0 Å². The normalized spacial score (nSPS) is 25.4. The minimum atomic E-state index is 0.733. The SMILES string of the molecule is COc1cccc(CC2CCCC(Br)C2)c1. The molecule has 1 aliphatic rings. The van der Waals surface area contributed by atoms with Gasteiger partial charge in [0.15, 0.2) is 0 Å². The molecule has 0 N–H and O–H groups in total. The van der Waals surface area contributed by atoms with Gasteiger partial charge in [-0.3, -0.25) is 0 Å². The van der Waals surface area contributed by atoms with Gasteiger partial charge in [0.2, 0.25) is 0 Å². The van der Waals surface area contributed by atoms with E-state index in [1.54, 1.807) is 7.11 Å². The van der Waals surface area contributed by atoms with Crippen LogP contribution in [0.5, 0.6) is 5.75 Å². The minimum Gasteiger partial charge on any atom is -0.497 e. The maximum Gasteiger partial charge on any atom is 0.119 e. The van der Waals surface area contributed by atoms with Gasteiger partial charge in [0.1, 0.15) is 5.75 Å². The number of rotatable bonds is 3. The summed E-state index contributed by atoms with van der Waals surface area (Å²) in [6, 6.07) is 8.47. The summed E-state index contributed by atoms with van der Waals surface area (Å²) in [5.41, 5.74) is 1.41. The summed E-state index contributed by atoms with van der Waals surface area (Å²) < 4.78 is 5.26. The predicted octanol–water partition coefficient (Wildman–Crippen LogP) is 4.19. The summed E-state index contributed by atoms with van der Waals surface area (Å²) >= 11 is 3.75. The quantitative estimate of drug-likeness (QED) is 0.756. The van der Waals surface area contributed by atoms with E-state index in [2.05, 4.69) is 34.1 Å². The van der Waals surface area contributed by atoms with E-state index in [1.165, 1.54) is 37.7 Å². The molecule has 1 saturated carbocycles. The highest BCUT2D eigenvalue weighted by atomic mass is 79.9. The van der Waals surface area contributed by atoms with Crippen molar-refractivity contribution in [2.45, 2.75) is 36.9 Å². The molecule has 2 heteroatoms. The molecule has 2 unspecified atom stereocenters. The molecule has 1 aliphatic carbocycles. The van der Waals surface area contributed by atoms with E-state index in [1.807, 2.05) is 6.07 Å². The van der Waals surface area contributed by atoms with Crippen LogP contribution < -0.4 is 4.74 Å². The first-order chi connectivity index (χ1) is 7.78. The van der Waals surface area contributed by atoms with Crippen LogP contribution in [0.4, 0.5) is 0 Å². The minimum absolute atomic E-state index is 0.733. The molecule has 0 heterocycles. The van der Waals surface area contributed by atoms with E-state index < -0.39 is 0 Å². The molecule has 0 spiro atoms. The van der Waals surface area contributed by atoms with Gasteiger partial charge in [-0.05, 0) is 42.9 Å². The zero-order chi connectivity index (χ0) is 11.4. The third-order valence-electron chi connectivity index (χ3n) is 3.38. The highest BCUT2D eigenvalue weighted by molar-refractivity contribution is 9.09. The zero-order valence-electron chi connectivity index (χ0n) is 9.79. The molecule has 1 aromatic carbocycles. The highest BCUT2D eigenvalue weighted by Crippen LogP contribution is 2.31. The predicted molar refractivity (Wildman–Crippen MR) is 71.4 cm³/mol. The summed E-state index contributed by atoms with van der Waals surface area (Å²) in [6.45, 7) is 0. The third kappa shape index (κ3) is 3.24. The van der Waals surface area contributed by atoms with Crippen LogP contribution in [0.2, 0.25) is 0 Å². The highest BCUT2D eigenvalue weighted by Gasteiger charge is 2.20.